The highest BCUT2D eigenvalue weighted by Crippen LogP contribution is 2.20. The van der Waals surface area contributed by atoms with Crippen LogP contribution in [0, 0.1) is 0 Å². The van der Waals surface area contributed by atoms with Crippen LogP contribution in [0.15, 0.2) is 28.8 Å². The zero-order chi connectivity index (χ0) is 13.9. The van der Waals surface area contributed by atoms with Crippen LogP contribution in [0.5, 0.6) is 5.75 Å². The van der Waals surface area contributed by atoms with E-state index in [2.05, 4.69) is 10.1 Å². The van der Waals surface area contributed by atoms with Crippen molar-refractivity contribution in [3.05, 3.63) is 41.5 Å². The van der Waals surface area contributed by atoms with Gasteiger partial charge in [-0.05, 0) is 31.5 Å². The first-order valence-corrected chi connectivity index (χ1v) is 6.21. The molecule has 0 radical (unpaired) electrons. The average Bonchev–Trinajstić information content (AvgIpc) is 2.89. The van der Waals surface area contributed by atoms with E-state index in [1.54, 1.807) is 7.11 Å². The molecule has 0 aliphatic carbocycles. The topological polar surface area (TPSA) is 74.2 Å². The molecule has 2 N–H and O–H groups in total. The van der Waals surface area contributed by atoms with Crippen molar-refractivity contribution >= 4 is 0 Å². The Morgan fingerprint density at radius 3 is 2.53 bits per heavy atom. The van der Waals surface area contributed by atoms with Gasteiger partial charge in [-0.2, -0.15) is 4.98 Å². The maximum Gasteiger partial charge on any atom is 0.233 e. The summed E-state index contributed by atoms with van der Waals surface area (Å²) in [4.78, 5) is 4.40. The molecule has 1 aromatic heterocycles. The van der Waals surface area contributed by atoms with Gasteiger partial charge in [0.25, 0.3) is 0 Å². The molecule has 5 nitrogen and oxygen atoms in total. The second-order valence-corrected chi connectivity index (χ2v) is 5.13. The first-order valence-electron chi connectivity index (χ1n) is 6.21. The monoisotopic (exact) mass is 261 g/mol. The number of nitrogens with zero attached hydrogens (tertiary/aromatic N) is 2. The average molecular weight is 261 g/mol. The van der Waals surface area contributed by atoms with Gasteiger partial charge >= 0.3 is 0 Å². The van der Waals surface area contributed by atoms with Gasteiger partial charge in [0, 0.05) is 13.0 Å². The smallest absolute Gasteiger partial charge is 0.233 e. The highest BCUT2D eigenvalue weighted by atomic mass is 16.5. The zero-order valence-electron chi connectivity index (χ0n) is 11.5. The third kappa shape index (κ3) is 3.12. The first kappa shape index (κ1) is 13.5. The van der Waals surface area contributed by atoms with Crippen molar-refractivity contribution < 1.29 is 9.26 Å². The zero-order valence-corrected chi connectivity index (χ0v) is 11.5. The van der Waals surface area contributed by atoms with Gasteiger partial charge in [0.2, 0.25) is 5.89 Å². The lowest BCUT2D eigenvalue weighted by Crippen LogP contribution is -2.28. The first-order chi connectivity index (χ1) is 9.05. The van der Waals surface area contributed by atoms with Gasteiger partial charge in [-0.15, -0.1) is 0 Å². The molecule has 0 spiro atoms. The maximum atomic E-state index is 5.69. The minimum atomic E-state index is -0.287. The van der Waals surface area contributed by atoms with Crippen LogP contribution >= 0.6 is 0 Å². The van der Waals surface area contributed by atoms with Crippen molar-refractivity contribution in [3.63, 3.8) is 0 Å². The molecule has 0 saturated heterocycles. The normalized spacial score (nSPS) is 11.6. The summed E-state index contributed by atoms with van der Waals surface area (Å²) in [6.45, 7) is 4.44. The van der Waals surface area contributed by atoms with Gasteiger partial charge in [-0.25, -0.2) is 0 Å². The Balaban J connectivity index is 2.11. The Morgan fingerprint density at radius 1 is 1.26 bits per heavy atom. The number of methoxy groups -OCH3 is 1. The summed E-state index contributed by atoms with van der Waals surface area (Å²) in [6.07, 6.45) is 0.633. The molecular formula is C14H19N3O2. The number of hydrogen-bond acceptors (Lipinski definition) is 5. The quantitative estimate of drug-likeness (QED) is 0.889. The number of nitrogens with two attached hydrogens (primary N) is 1. The highest BCUT2D eigenvalue weighted by molar-refractivity contribution is 5.28. The van der Waals surface area contributed by atoms with E-state index in [9.17, 15) is 0 Å². The van der Waals surface area contributed by atoms with E-state index in [-0.39, 0.29) is 5.41 Å². The summed E-state index contributed by atoms with van der Waals surface area (Å²) in [5.41, 5.74) is 6.51. The summed E-state index contributed by atoms with van der Waals surface area (Å²) in [5.74, 6) is 2.09. The van der Waals surface area contributed by atoms with Crippen LogP contribution in [0.25, 0.3) is 0 Å². The molecule has 0 fully saturated rings. The van der Waals surface area contributed by atoms with E-state index in [1.807, 2.05) is 38.1 Å². The van der Waals surface area contributed by atoms with E-state index < -0.39 is 0 Å². The molecule has 102 valence electrons. The Kier molecular flexibility index (Phi) is 3.85. The lowest BCUT2D eigenvalue weighted by Gasteiger charge is -2.15. The van der Waals surface area contributed by atoms with Crippen molar-refractivity contribution in [3.8, 4) is 5.75 Å². The molecule has 0 amide bonds. The predicted molar refractivity (Wildman–Crippen MR) is 72.2 cm³/mol. The molecule has 0 atom stereocenters. The molecular weight excluding hydrogens is 242 g/mol. The van der Waals surface area contributed by atoms with E-state index in [4.69, 9.17) is 15.0 Å². The Morgan fingerprint density at radius 2 is 1.95 bits per heavy atom. The molecule has 0 aliphatic rings. The molecule has 19 heavy (non-hydrogen) atoms. The van der Waals surface area contributed by atoms with Crippen LogP contribution in [0.2, 0.25) is 0 Å². The van der Waals surface area contributed by atoms with Crippen molar-refractivity contribution in [2.24, 2.45) is 5.73 Å². The SMILES string of the molecule is COc1ccc(Cc2noc(C(C)(C)CN)n2)cc1. The minimum Gasteiger partial charge on any atom is -0.497 e. The lowest BCUT2D eigenvalue weighted by atomic mass is 9.94. The number of benzene rings is 1. The van der Waals surface area contributed by atoms with Crippen LogP contribution in [0.3, 0.4) is 0 Å². The fraction of sp³-hybridized carbons (Fsp3) is 0.429. The van der Waals surface area contributed by atoms with Crippen LogP contribution < -0.4 is 10.5 Å². The van der Waals surface area contributed by atoms with Gasteiger partial charge in [0.05, 0.1) is 12.5 Å². The number of aromatic nitrogens is 2. The Bertz CT molecular complexity index is 532. The number of hydrogen-bond donors (Lipinski definition) is 1. The Hall–Kier alpha value is -1.88. The summed E-state index contributed by atoms with van der Waals surface area (Å²) < 4.78 is 10.4. The van der Waals surface area contributed by atoms with E-state index in [0.717, 1.165) is 11.3 Å². The fourth-order valence-corrected chi connectivity index (χ4v) is 1.61. The second kappa shape index (κ2) is 5.40. The maximum absolute atomic E-state index is 5.69. The van der Waals surface area contributed by atoms with Crippen LogP contribution in [-0.2, 0) is 11.8 Å². The van der Waals surface area contributed by atoms with E-state index in [1.165, 1.54) is 0 Å². The minimum absolute atomic E-state index is 0.287. The van der Waals surface area contributed by atoms with Crippen LogP contribution in [0.1, 0.15) is 31.1 Å². The van der Waals surface area contributed by atoms with Crippen LogP contribution in [0.4, 0.5) is 0 Å². The van der Waals surface area contributed by atoms with Crippen LogP contribution in [-0.4, -0.2) is 23.8 Å². The molecule has 0 unspecified atom stereocenters. The standard InChI is InChI=1S/C14H19N3O2/c1-14(2,9-15)13-16-12(17-19-13)8-10-4-6-11(18-3)7-5-10/h4-7H,8-9,15H2,1-3H3. The number of ether oxygens (including phenoxy) is 1. The van der Waals surface area contributed by atoms with Gasteiger partial charge < -0.3 is 15.0 Å². The van der Waals surface area contributed by atoms with Crippen molar-refractivity contribution in [1.29, 1.82) is 0 Å². The van der Waals surface area contributed by atoms with Gasteiger partial charge in [0.1, 0.15) is 5.75 Å². The molecule has 2 aromatic rings. The van der Waals surface area contributed by atoms with Gasteiger partial charge in [0.15, 0.2) is 5.82 Å². The molecule has 0 bridgehead atoms. The molecule has 0 saturated carbocycles. The summed E-state index contributed by atoms with van der Waals surface area (Å²) in [7, 11) is 1.65. The summed E-state index contributed by atoms with van der Waals surface area (Å²) in [6, 6.07) is 7.81. The highest BCUT2D eigenvalue weighted by Gasteiger charge is 2.25. The third-order valence-electron chi connectivity index (χ3n) is 3.08. The van der Waals surface area contributed by atoms with E-state index in [0.29, 0.717) is 24.7 Å². The van der Waals surface area contributed by atoms with Crippen molar-refractivity contribution in [1.82, 2.24) is 10.1 Å². The Labute approximate surface area is 112 Å². The van der Waals surface area contributed by atoms with E-state index >= 15 is 0 Å². The molecule has 2 rings (SSSR count). The number of rotatable bonds is 5. The largest absolute Gasteiger partial charge is 0.497 e. The van der Waals surface area contributed by atoms with Crippen molar-refractivity contribution in [2.45, 2.75) is 25.7 Å². The predicted octanol–water partition coefficient (Wildman–Crippen LogP) is 1.91. The summed E-state index contributed by atoms with van der Waals surface area (Å²) >= 11 is 0. The van der Waals surface area contributed by atoms with Crippen molar-refractivity contribution in [2.75, 3.05) is 13.7 Å². The molecule has 0 aliphatic heterocycles. The lowest BCUT2D eigenvalue weighted by molar-refractivity contribution is 0.309. The third-order valence-corrected chi connectivity index (χ3v) is 3.08. The van der Waals surface area contributed by atoms with Gasteiger partial charge in [-0.1, -0.05) is 17.3 Å². The summed E-state index contributed by atoms with van der Waals surface area (Å²) in [5, 5.41) is 4.00. The van der Waals surface area contributed by atoms with Gasteiger partial charge in [-0.3, -0.25) is 0 Å². The second-order valence-electron chi connectivity index (χ2n) is 5.13. The fourth-order valence-electron chi connectivity index (χ4n) is 1.61. The molecule has 5 heteroatoms. The molecule has 1 aromatic carbocycles. The molecule has 1 heterocycles.